The molecule has 0 heterocycles. The largest absolute Gasteiger partial charge is 0.388 e. The van der Waals surface area contributed by atoms with Crippen molar-refractivity contribution in [1.29, 1.82) is 0 Å². The second kappa shape index (κ2) is 6.18. The normalized spacial score (nSPS) is 12.4. The van der Waals surface area contributed by atoms with Gasteiger partial charge in [0.05, 0.1) is 6.10 Å². The summed E-state index contributed by atoms with van der Waals surface area (Å²) >= 11 is 5.86. The molecular formula is C16H16ClFO. The van der Waals surface area contributed by atoms with Crippen molar-refractivity contribution < 1.29 is 9.50 Å². The van der Waals surface area contributed by atoms with Crippen molar-refractivity contribution in [2.75, 3.05) is 0 Å². The van der Waals surface area contributed by atoms with Crippen LogP contribution in [0.1, 0.15) is 29.7 Å². The van der Waals surface area contributed by atoms with E-state index in [-0.39, 0.29) is 12.2 Å². The third-order valence-corrected chi connectivity index (χ3v) is 3.45. The molecule has 0 spiro atoms. The van der Waals surface area contributed by atoms with E-state index >= 15 is 0 Å². The molecule has 0 fully saturated rings. The monoisotopic (exact) mass is 278 g/mol. The van der Waals surface area contributed by atoms with E-state index in [1.54, 1.807) is 6.07 Å². The molecular weight excluding hydrogens is 263 g/mol. The zero-order valence-corrected chi connectivity index (χ0v) is 11.5. The Balaban J connectivity index is 2.25. The zero-order chi connectivity index (χ0) is 13.8. The minimum atomic E-state index is -0.718. The van der Waals surface area contributed by atoms with Crippen molar-refractivity contribution in [2.45, 2.75) is 25.9 Å². The minimum absolute atomic E-state index is 0.226. The van der Waals surface area contributed by atoms with Crippen molar-refractivity contribution >= 4 is 11.6 Å². The maximum atomic E-state index is 13.7. The van der Waals surface area contributed by atoms with E-state index in [1.165, 1.54) is 12.1 Å². The Morgan fingerprint density at radius 3 is 2.63 bits per heavy atom. The van der Waals surface area contributed by atoms with E-state index in [0.29, 0.717) is 10.6 Å². The summed E-state index contributed by atoms with van der Waals surface area (Å²) in [6.45, 7) is 2.03. The maximum Gasteiger partial charge on any atom is 0.126 e. The summed E-state index contributed by atoms with van der Waals surface area (Å²) in [5, 5.41) is 10.8. The molecule has 0 saturated heterocycles. The van der Waals surface area contributed by atoms with Gasteiger partial charge in [-0.15, -0.1) is 0 Å². The molecule has 2 rings (SSSR count). The number of aryl methyl sites for hydroxylation is 1. The van der Waals surface area contributed by atoms with Crippen molar-refractivity contribution in [3.05, 3.63) is 70.0 Å². The molecule has 0 aromatic heterocycles. The first kappa shape index (κ1) is 14.0. The Kier molecular flexibility index (Phi) is 4.56. The van der Waals surface area contributed by atoms with E-state index in [9.17, 15) is 9.50 Å². The summed E-state index contributed by atoms with van der Waals surface area (Å²) in [5.74, 6) is -0.336. The molecule has 0 amide bonds. The molecule has 1 unspecified atom stereocenters. The van der Waals surface area contributed by atoms with E-state index in [1.807, 2.05) is 31.2 Å². The van der Waals surface area contributed by atoms with E-state index in [2.05, 4.69) is 0 Å². The Morgan fingerprint density at radius 1 is 1.16 bits per heavy atom. The lowest BCUT2D eigenvalue weighted by Crippen LogP contribution is -2.06. The molecule has 0 bridgehead atoms. The zero-order valence-electron chi connectivity index (χ0n) is 10.7. The molecule has 3 heteroatoms. The number of hydrogen-bond donors (Lipinski definition) is 1. The summed E-state index contributed by atoms with van der Waals surface area (Å²) < 4.78 is 13.7. The van der Waals surface area contributed by atoms with Gasteiger partial charge in [-0.25, -0.2) is 4.39 Å². The number of hydrogen-bond acceptors (Lipinski definition) is 1. The maximum absolute atomic E-state index is 13.7. The molecule has 0 saturated carbocycles. The molecule has 100 valence electrons. The third kappa shape index (κ3) is 3.34. The number of benzene rings is 2. The number of aliphatic hydroxyl groups is 1. The highest BCUT2D eigenvalue weighted by Gasteiger charge is 2.14. The third-order valence-electron chi connectivity index (χ3n) is 3.22. The second-order valence-electron chi connectivity index (χ2n) is 4.51. The molecule has 1 atom stereocenters. The van der Waals surface area contributed by atoms with Crippen molar-refractivity contribution in [1.82, 2.24) is 0 Å². The Hall–Kier alpha value is -1.38. The van der Waals surface area contributed by atoms with Gasteiger partial charge in [0, 0.05) is 11.4 Å². The minimum Gasteiger partial charge on any atom is -0.388 e. The summed E-state index contributed by atoms with van der Waals surface area (Å²) in [7, 11) is 0. The van der Waals surface area contributed by atoms with Crippen LogP contribution < -0.4 is 0 Å². The Morgan fingerprint density at radius 2 is 1.89 bits per heavy atom. The summed E-state index contributed by atoms with van der Waals surface area (Å²) in [4.78, 5) is 0. The fourth-order valence-corrected chi connectivity index (χ4v) is 2.39. The van der Waals surface area contributed by atoms with Gasteiger partial charge in [0.1, 0.15) is 5.82 Å². The van der Waals surface area contributed by atoms with Gasteiger partial charge in [-0.1, -0.05) is 42.8 Å². The summed E-state index contributed by atoms with van der Waals surface area (Å²) in [5.41, 5.74) is 2.37. The van der Waals surface area contributed by atoms with Gasteiger partial charge in [0.2, 0.25) is 0 Å². The van der Waals surface area contributed by atoms with Crippen LogP contribution >= 0.6 is 11.6 Å². The molecule has 1 nitrogen and oxygen atoms in total. The SMILES string of the molecule is CCc1ccccc1C(O)Cc1cc(Cl)ccc1F. The first-order chi connectivity index (χ1) is 9.11. The lowest BCUT2D eigenvalue weighted by molar-refractivity contribution is 0.176. The molecule has 19 heavy (non-hydrogen) atoms. The standard InChI is InChI=1S/C16H16ClFO/c1-2-11-5-3-4-6-14(11)16(19)10-12-9-13(17)7-8-15(12)18/h3-9,16,19H,2,10H2,1H3. The molecule has 2 aromatic rings. The van der Waals surface area contributed by atoms with E-state index < -0.39 is 6.10 Å². The molecule has 0 aliphatic carbocycles. The van der Waals surface area contributed by atoms with Crippen molar-refractivity contribution in [3.8, 4) is 0 Å². The van der Waals surface area contributed by atoms with Crippen LogP contribution in [0.2, 0.25) is 5.02 Å². The van der Waals surface area contributed by atoms with Crippen LogP contribution in [-0.4, -0.2) is 5.11 Å². The molecule has 0 aliphatic rings. The second-order valence-corrected chi connectivity index (χ2v) is 4.94. The van der Waals surface area contributed by atoms with Gasteiger partial charge in [-0.3, -0.25) is 0 Å². The molecule has 0 radical (unpaired) electrons. The van der Waals surface area contributed by atoms with Gasteiger partial charge in [0.15, 0.2) is 0 Å². The van der Waals surface area contributed by atoms with Gasteiger partial charge >= 0.3 is 0 Å². The van der Waals surface area contributed by atoms with Crippen molar-refractivity contribution in [3.63, 3.8) is 0 Å². The van der Waals surface area contributed by atoms with Crippen molar-refractivity contribution in [2.24, 2.45) is 0 Å². The topological polar surface area (TPSA) is 20.2 Å². The number of aliphatic hydroxyl groups excluding tert-OH is 1. The predicted molar refractivity (Wildman–Crippen MR) is 75.9 cm³/mol. The number of rotatable bonds is 4. The molecule has 0 aliphatic heterocycles. The smallest absolute Gasteiger partial charge is 0.126 e. The van der Waals surface area contributed by atoms with Gasteiger partial charge in [0.25, 0.3) is 0 Å². The summed E-state index contributed by atoms with van der Waals surface area (Å²) in [6.07, 6.45) is 0.346. The highest BCUT2D eigenvalue weighted by Crippen LogP contribution is 2.25. The van der Waals surface area contributed by atoms with Crippen LogP contribution in [0.4, 0.5) is 4.39 Å². The van der Waals surface area contributed by atoms with Gasteiger partial charge < -0.3 is 5.11 Å². The van der Waals surface area contributed by atoms with Crippen LogP contribution in [0.3, 0.4) is 0 Å². The Labute approximate surface area is 117 Å². The average molecular weight is 279 g/mol. The van der Waals surface area contributed by atoms with Crippen LogP contribution in [0.25, 0.3) is 0 Å². The average Bonchev–Trinajstić information content (AvgIpc) is 2.42. The first-order valence-corrected chi connectivity index (χ1v) is 6.69. The Bertz CT molecular complexity index is 568. The van der Waals surface area contributed by atoms with E-state index in [0.717, 1.165) is 17.5 Å². The highest BCUT2D eigenvalue weighted by molar-refractivity contribution is 6.30. The molecule has 2 aromatic carbocycles. The lowest BCUT2D eigenvalue weighted by atomic mass is 9.96. The highest BCUT2D eigenvalue weighted by atomic mass is 35.5. The van der Waals surface area contributed by atoms with Crippen LogP contribution in [-0.2, 0) is 12.8 Å². The summed E-state index contributed by atoms with van der Waals surface area (Å²) in [6, 6.07) is 12.1. The number of halogens is 2. The molecule has 1 N–H and O–H groups in total. The predicted octanol–water partition coefficient (Wildman–Crippen LogP) is 4.32. The fourth-order valence-electron chi connectivity index (χ4n) is 2.20. The van der Waals surface area contributed by atoms with Crippen LogP contribution in [0, 0.1) is 5.82 Å². The van der Waals surface area contributed by atoms with Crippen LogP contribution in [0.15, 0.2) is 42.5 Å². The van der Waals surface area contributed by atoms with Gasteiger partial charge in [-0.2, -0.15) is 0 Å². The quantitative estimate of drug-likeness (QED) is 0.883. The van der Waals surface area contributed by atoms with Gasteiger partial charge in [-0.05, 0) is 41.3 Å². The van der Waals surface area contributed by atoms with Crippen LogP contribution in [0.5, 0.6) is 0 Å². The first-order valence-electron chi connectivity index (χ1n) is 6.31. The lowest BCUT2D eigenvalue weighted by Gasteiger charge is -2.15. The fraction of sp³-hybridized carbons (Fsp3) is 0.250. The van der Waals surface area contributed by atoms with E-state index in [4.69, 9.17) is 11.6 Å².